The first-order valence-electron chi connectivity index (χ1n) is 7.21. The molecule has 0 saturated carbocycles. The van der Waals surface area contributed by atoms with Crippen LogP contribution >= 0.6 is 0 Å². The minimum absolute atomic E-state index is 0.0981. The third-order valence-corrected chi connectivity index (χ3v) is 3.37. The summed E-state index contributed by atoms with van der Waals surface area (Å²) in [6.45, 7) is 0.250. The summed E-state index contributed by atoms with van der Waals surface area (Å²) in [6, 6.07) is 16.4. The van der Waals surface area contributed by atoms with Crippen LogP contribution in [0.15, 0.2) is 48.5 Å². The Hall–Kier alpha value is -2.68. The van der Waals surface area contributed by atoms with Crippen LogP contribution in [0.1, 0.15) is 15.9 Å². The van der Waals surface area contributed by atoms with E-state index < -0.39 is 6.10 Å². The topological polar surface area (TPSA) is 82.3 Å². The van der Waals surface area contributed by atoms with E-state index in [1.54, 1.807) is 30.3 Å². The Morgan fingerprint density at radius 2 is 1.87 bits per heavy atom. The minimum Gasteiger partial charge on any atom is -0.389 e. The average molecular weight is 310 g/mol. The van der Waals surface area contributed by atoms with E-state index in [0.29, 0.717) is 22.3 Å². The Morgan fingerprint density at radius 1 is 1.22 bits per heavy atom. The van der Waals surface area contributed by atoms with Crippen LogP contribution in [0.3, 0.4) is 0 Å². The number of hydrogen-bond acceptors (Lipinski definition) is 4. The highest BCUT2D eigenvalue weighted by molar-refractivity contribution is 6.01. The van der Waals surface area contributed by atoms with E-state index in [1.807, 2.05) is 18.2 Å². The van der Waals surface area contributed by atoms with Crippen LogP contribution in [-0.2, 0) is 4.74 Å². The fourth-order valence-corrected chi connectivity index (χ4v) is 2.29. The summed E-state index contributed by atoms with van der Waals surface area (Å²) in [5.41, 5.74) is 2.36. The Kier molecular flexibility index (Phi) is 5.87. The summed E-state index contributed by atoms with van der Waals surface area (Å²) in [6.07, 6.45) is -0.762. The van der Waals surface area contributed by atoms with Gasteiger partial charge in [-0.3, -0.25) is 4.79 Å². The predicted molar refractivity (Wildman–Crippen MR) is 86.8 cm³/mol. The number of nitrogens with one attached hydrogen (secondary N) is 1. The third-order valence-electron chi connectivity index (χ3n) is 3.37. The van der Waals surface area contributed by atoms with Gasteiger partial charge in [-0.25, -0.2) is 0 Å². The molecule has 0 aromatic heterocycles. The molecule has 0 radical (unpaired) electrons. The van der Waals surface area contributed by atoms with Crippen LogP contribution in [0.5, 0.6) is 0 Å². The summed E-state index contributed by atoms with van der Waals surface area (Å²) in [5, 5.41) is 21.6. The van der Waals surface area contributed by atoms with Crippen molar-refractivity contribution in [3.63, 3.8) is 0 Å². The molecule has 5 heteroatoms. The largest absolute Gasteiger partial charge is 0.389 e. The summed E-state index contributed by atoms with van der Waals surface area (Å²) in [7, 11) is 1.49. The van der Waals surface area contributed by atoms with E-state index in [-0.39, 0.29) is 19.1 Å². The lowest BCUT2D eigenvalue weighted by Gasteiger charge is -2.13. The van der Waals surface area contributed by atoms with E-state index in [0.717, 1.165) is 0 Å². The molecule has 0 spiro atoms. The highest BCUT2D eigenvalue weighted by Gasteiger charge is 2.15. The number of rotatable bonds is 6. The second-order valence-corrected chi connectivity index (χ2v) is 5.02. The van der Waals surface area contributed by atoms with Crippen LogP contribution in [0, 0.1) is 11.3 Å². The molecule has 0 saturated heterocycles. The number of ether oxygens (including phenoxy) is 1. The lowest BCUT2D eigenvalue weighted by Crippen LogP contribution is -2.34. The predicted octanol–water partition coefficient (Wildman–Crippen LogP) is 1.96. The number of aliphatic hydroxyl groups is 1. The maximum Gasteiger partial charge on any atom is 0.252 e. The van der Waals surface area contributed by atoms with Crippen molar-refractivity contribution in [3.8, 4) is 17.2 Å². The molecule has 2 rings (SSSR count). The van der Waals surface area contributed by atoms with Crippen LogP contribution in [0.25, 0.3) is 11.1 Å². The van der Waals surface area contributed by atoms with Gasteiger partial charge in [-0.05, 0) is 17.7 Å². The molecule has 0 heterocycles. The van der Waals surface area contributed by atoms with Crippen molar-refractivity contribution in [3.05, 3.63) is 59.7 Å². The molecule has 2 aromatic carbocycles. The second-order valence-electron chi connectivity index (χ2n) is 5.02. The first kappa shape index (κ1) is 16.7. The maximum absolute atomic E-state index is 12.4. The van der Waals surface area contributed by atoms with E-state index in [4.69, 9.17) is 4.74 Å². The molecule has 23 heavy (non-hydrogen) atoms. The van der Waals surface area contributed by atoms with Crippen molar-refractivity contribution in [2.24, 2.45) is 0 Å². The summed E-state index contributed by atoms with van der Waals surface area (Å²) >= 11 is 0. The molecule has 1 unspecified atom stereocenters. The summed E-state index contributed by atoms with van der Waals surface area (Å²) in [5.74, 6) is -0.302. The van der Waals surface area contributed by atoms with Gasteiger partial charge in [0.2, 0.25) is 0 Å². The molecule has 2 N–H and O–H groups in total. The highest BCUT2D eigenvalue weighted by atomic mass is 16.5. The fraction of sp³-hybridized carbons (Fsp3) is 0.222. The molecule has 0 bridgehead atoms. The van der Waals surface area contributed by atoms with Gasteiger partial charge >= 0.3 is 0 Å². The molecule has 0 aliphatic rings. The van der Waals surface area contributed by atoms with Crippen molar-refractivity contribution in [2.75, 3.05) is 20.3 Å². The zero-order valence-electron chi connectivity index (χ0n) is 12.8. The Morgan fingerprint density at radius 3 is 2.57 bits per heavy atom. The number of nitrogens with zero attached hydrogens (tertiary/aromatic N) is 1. The zero-order chi connectivity index (χ0) is 16.7. The summed E-state index contributed by atoms with van der Waals surface area (Å²) < 4.78 is 4.83. The van der Waals surface area contributed by atoms with Gasteiger partial charge in [0.25, 0.3) is 5.91 Å². The molecular weight excluding hydrogens is 292 g/mol. The molecule has 118 valence electrons. The Bertz CT molecular complexity index is 722. The van der Waals surface area contributed by atoms with Gasteiger partial charge in [0.15, 0.2) is 0 Å². The van der Waals surface area contributed by atoms with Crippen LogP contribution < -0.4 is 5.32 Å². The van der Waals surface area contributed by atoms with Gasteiger partial charge in [-0.2, -0.15) is 5.26 Å². The third kappa shape index (κ3) is 4.16. The zero-order valence-corrected chi connectivity index (χ0v) is 12.8. The molecule has 1 amide bonds. The van der Waals surface area contributed by atoms with Crippen molar-refractivity contribution in [1.82, 2.24) is 5.32 Å². The first-order valence-corrected chi connectivity index (χ1v) is 7.21. The van der Waals surface area contributed by atoms with E-state index in [2.05, 4.69) is 11.4 Å². The number of nitriles is 1. The fourth-order valence-electron chi connectivity index (χ4n) is 2.29. The lowest BCUT2D eigenvalue weighted by atomic mass is 9.95. The number of hydrogen-bond donors (Lipinski definition) is 2. The van der Waals surface area contributed by atoms with Crippen LogP contribution in [0.4, 0.5) is 0 Å². The number of carbonyl (C=O) groups is 1. The van der Waals surface area contributed by atoms with Gasteiger partial charge in [0.05, 0.1) is 24.3 Å². The van der Waals surface area contributed by atoms with Crippen molar-refractivity contribution >= 4 is 5.91 Å². The molecule has 1 atom stereocenters. The van der Waals surface area contributed by atoms with Crippen molar-refractivity contribution < 1.29 is 14.6 Å². The normalized spacial score (nSPS) is 11.5. The van der Waals surface area contributed by atoms with E-state index >= 15 is 0 Å². The van der Waals surface area contributed by atoms with Crippen LogP contribution in [0.2, 0.25) is 0 Å². The average Bonchev–Trinajstić information content (AvgIpc) is 2.60. The molecule has 0 aliphatic heterocycles. The number of amides is 1. The quantitative estimate of drug-likeness (QED) is 0.854. The van der Waals surface area contributed by atoms with Gasteiger partial charge in [0.1, 0.15) is 0 Å². The minimum atomic E-state index is -0.762. The number of carbonyl (C=O) groups excluding carboxylic acids is 1. The molecule has 0 aliphatic carbocycles. The molecule has 5 nitrogen and oxygen atoms in total. The van der Waals surface area contributed by atoms with Gasteiger partial charge < -0.3 is 15.2 Å². The first-order chi connectivity index (χ1) is 11.2. The van der Waals surface area contributed by atoms with Crippen LogP contribution in [-0.4, -0.2) is 37.4 Å². The number of methoxy groups -OCH3 is 1. The monoisotopic (exact) mass is 310 g/mol. The number of benzene rings is 2. The van der Waals surface area contributed by atoms with E-state index in [9.17, 15) is 15.2 Å². The van der Waals surface area contributed by atoms with E-state index in [1.165, 1.54) is 7.11 Å². The smallest absolute Gasteiger partial charge is 0.252 e. The standard InChI is InChI=1S/C18H18N2O3/c1-23-12-14(21)11-20-18(22)17-9-5-4-8-16(17)15-7-3-2-6-13(15)10-19/h2-9,14,21H,11-12H2,1H3,(H,20,22). The Balaban J connectivity index is 2.28. The van der Waals surface area contributed by atoms with Gasteiger partial charge in [0, 0.05) is 24.8 Å². The summed E-state index contributed by atoms with van der Waals surface area (Å²) in [4.78, 5) is 12.4. The Labute approximate surface area is 135 Å². The second kappa shape index (κ2) is 8.08. The van der Waals surface area contributed by atoms with Crippen molar-refractivity contribution in [1.29, 1.82) is 5.26 Å². The highest BCUT2D eigenvalue weighted by Crippen LogP contribution is 2.26. The lowest BCUT2D eigenvalue weighted by molar-refractivity contribution is 0.0610. The SMILES string of the molecule is COCC(O)CNC(=O)c1ccccc1-c1ccccc1C#N. The van der Waals surface area contributed by atoms with Gasteiger partial charge in [-0.1, -0.05) is 36.4 Å². The van der Waals surface area contributed by atoms with Crippen molar-refractivity contribution in [2.45, 2.75) is 6.10 Å². The van der Waals surface area contributed by atoms with Gasteiger partial charge in [-0.15, -0.1) is 0 Å². The number of aliphatic hydroxyl groups excluding tert-OH is 1. The maximum atomic E-state index is 12.4. The molecule has 0 fully saturated rings. The molecule has 2 aromatic rings. The molecular formula is C18H18N2O3.